The average Bonchev–Trinajstić information content (AvgIpc) is 3.35. The molecule has 2 heterocycles. The molecule has 1 aliphatic heterocycles. The van der Waals surface area contributed by atoms with E-state index in [0.717, 1.165) is 5.69 Å². The normalized spacial score (nSPS) is 16.5. The molecule has 2 aromatic carbocycles. The van der Waals surface area contributed by atoms with Crippen molar-refractivity contribution in [3.8, 4) is 22.9 Å². The molecule has 28 heavy (non-hydrogen) atoms. The zero-order valence-electron chi connectivity index (χ0n) is 15.4. The molecule has 7 nitrogen and oxygen atoms in total. The van der Waals surface area contributed by atoms with E-state index >= 15 is 0 Å². The Balaban J connectivity index is 1.54. The molecular weight excluding hydrogens is 365 g/mol. The first-order valence-electron chi connectivity index (χ1n) is 8.71. The van der Waals surface area contributed by atoms with Gasteiger partial charge in [-0.2, -0.15) is 4.98 Å². The number of hydrogen-bond acceptors (Lipinski definition) is 6. The molecule has 144 valence electrons. The lowest BCUT2D eigenvalue weighted by molar-refractivity contribution is -0.117. The van der Waals surface area contributed by atoms with E-state index in [1.54, 1.807) is 24.1 Å². The quantitative estimate of drug-likeness (QED) is 0.672. The van der Waals surface area contributed by atoms with Crippen molar-refractivity contribution < 1.29 is 23.2 Å². The first kappa shape index (κ1) is 18.0. The van der Waals surface area contributed by atoms with Gasteiger partial charge in [-0.3, -0.25) is 4.79 Å². The number of hydrogen-bond donors (Lipinski definition) is 0. The maximum Gasteiger partial charge on any atom is 0.232 e. The van der Waals surface area contributed by atoms with E-state index in [4.69, 9.17) is 14.0 Å². The molecule has 1 unspecified atom stereocenters. The lowest BCUT2D eigenvalue weighted by Crippen LogP contribution is -2.24. The minimum Gasteiger partial charge on any atom is -0.497 e. The number of benzene rings is 2. The number of aromatic nitrogens is 2. The third-order valence-corrected chi connectivity index (χ3v) is 4.69. The summed E-state index contributed by atoms with van der Waals surface area (Å²) in [7, 11) is 2.98. The fraction of sp³-hybridized carbons (Fsp3) is 0.250. The SMILES string of the molecule is COc1cccc(N2CC(c3nc(-c4ccc(OC)c(F)c4)no3)CC2=O)c1. The van der Waals surface area contributed by atoms with Gasteiger partial charge in [0.15, 0.2) is 11.6 Å². The van der Waals surface area contributed by atoms with Crippen molar-refractivity contribution >= 4 is 11.6 Å². The third kappa shape index (κ3) is 3.28. The van der Waals surface area contributed by atoms with Crippen LogP contribution in [-0.2, 0) is 4.79 Å². The highest BCUT2D eigenvalue weighted by Crippen LogP contribution is 2.33. The van der Waals surface area contributed by atoms with Gasteiger partial charge in [0.2, 0.25) is 17.6 Å². The van der Waals surface area contributed by atoms with E-state index in [9.17, 15) is 9.18 Å². The van der Waals surface area contributed by atoms with Gasteiger partial charge in [0.1, 0.15) is 5.75 Å². The van der Waals surface area contributed by atoms with Crippen molar-refractivity contribution in [3.63, 3.8) is 0 Å². The van der Waals surface area contributed by atoms with E-state index in [0.29, 0.717) is 23.7 Å². The van der Waals surface area contributed by atoms with Gasteiger partial charge in [0.05, 0.1) is 20.1 Å². The molecular formula is C20H18FN3O4. The summed E-state index contributed by atoms with van der Waals surface area (Å²) in [6.07, 6.45) is 0.260. The van der Waals surface area contributed by atoms with Crippen molar-refractivity contribution in [2.75, 3.05) is 25.7 Å². The smallest absolute Gasteiger partial charge is 0.232 e. The number of halogens is 1. The Morgan fingerprint density at radius 1 is 1.18 bits per heavy atom. The van der Waals surface area contributed by atoms with Crippen LogP contribution in [0.15, 0.2) is 47.0 Å². The number of nitrogens with zero attached hydrogens (tertiary/aromatic N) is 3. The van der Waals surface area contributed by atoms with Crippen LogP contribution in [0.1, 0.15) is 18.2 Å². The number of methoxy groups -OCH3 is 2. The second-order valence-electron chi connectivity index (χ2n) is 6.41. The van der Waals surface area contributed by atoms with Gasteiger partial charge in [-0.25, -0.2) is 4.39 Å². The number of rotatable bonds is 5. The summed E-state index contributed by atoms with van der Waals surface area (Å²) in [4.78, 5) is 18.5. The van der Waals surface area contributed by atoms with Gasteiger partial charge in [0, 0.05) is 30.3 Å². The molecule has 4 rings (SSSR count). The van der Waals surface area contributed by atoms with Gasteiger partial charge < -0.3 is 18.9 Å². The zero-order valence-corrected chi connectivity index (χ0v) is 15.4. The summed E-state index contributed by atoms with van der Waals surface area (Å²) in [5, 5.41) is 3.93. The van der Waals surface area contributed by atoms with Crippen molar-refractivity contribution in [1.29, 1.82) is 0 Å². The molecule has 1 fully saturated rings. The molecule has 1 aliphatic rings. The number of carbonyl (C=O) groups excluding carboxylic acids is 1. The number of amides is 1. The standard InChI is InChI=1S/C20H18FN3O4/c1-26-15-5-3-4-14(10-15)24-11-13(9-18(24)25)20-22-19(23-28-20)12-6-7-17(27-2)16(21)8-12/h3-8,10,13H,9,11H2,1-2H3. The van der Waals surface area contributed by atoms with E-state index in [2.05, 4.69) is 10.1 Å². The van der Waals surface area contributed by atoms with Crippen LogP contribution >= 0.6 is 0 Å². The zero-order chi connectivity index (χ0) is 19.7. The first-order valence-corrected chi connectivity index (χ1v) is 8.71. The summed E-state index contributed by atoms with van der Waals surface area (Å²) in [6.45, 7) is 0.421. The van der Waals surface area contributed by atoms with Crippen LogP contribution in [0.2, 0.25) is 0 Å². The molecule has 0 aliphatic carbocycles. The van der Waals surface area contributed by atoms with Crippen molar-refractivity contribution in [2.45, 2.75) is 12.3 Å². The van der Waals surface area contributed by atoms with Crippen molar-refractivity contribution in [1.82, 2.24) is 10.1 Å². The fourth-order valence-corrected chi connectivity index (χ4v) is 3.22. The molecule has 1 aromatic heterocycles. The minimum absolute atomic E-state index is 0.0338. The highest BCUT2D eigenvalue weighted by Gasteiger charge is 2.35. The number of ether oxygens (including phenoxy) is 2. The van der Waals surface area contributed by atoms with Crippen LogP contribution in [0.3, 0.4) is 0 Å². The van der Waals surface area contributed by atoms with Gasteiger partial charge in [-0.1, -0.05) is 11.2 Å². The Labute approximate surface area is 160 Å². The molecule has 3 aromatic rings. The minimum atomic E-state index is -0.508. The molecule has 1 saturated heterocycles. The second kappa shape index (κ2) is 7.30. The fourth-order valence-electron chi connectivity index (χ4n) is 3.22. The van der Waals surface area contributed by atoms with E-state index in [-0.39, 0.29) is 29.8 Å². The Bertz CT molecular complexity index is 1020. The summed E-state index contributed by atoms with van der Waals surface area (Å²) in [5.41, 5.74) is 1.23. The van der Waals surface area contributed by atoms with E-state index < -0.39 is 5.82 Å². The summed E-state index contributed by atoms with van der Waals surface area (Å²) >= 11 is 0. The average molecular weight is 383 g/mol. The highest BCUT2D eigenvalue weighted by molar-refractivity contribution is 5.96. The largest absolute Gasteiger partial charge is 0.497 e. The van der Waals surface area contributed by atoms with Crippen LogP contribution in [0, 0.1) is 5.82 Å². The molecule has 1 atom stereocenters. The second-order valence-corrected chi connectivity index (χ2v) is 6.41. The molecule has 0 N–H and O–H groups in total. The van der Waals surface area contributed by atoms with E-state index in [1.807, 2.05) is 18.2 Å². The predicted octanol–water partition coefficient (Wildman–Crippen LogP) is 3.41. The van der Waals surface area contributed by atoms with Gasteiger partial charge in [0.25, 0.3) is 0 Å². The summed E-state index contributed by atoms with van der Waals surface area (Å²) in [6, 6.07) is 11.7. The number of carbonyl (C=O) groups is 1. The van der Waals surface area contributed by atoms with Gasteiger partial charge >= 0.3 is 0 Å². The summed E-state index contributed by atoms with van der Waals surface area (Å²) < 4.78 is 29.4. The van der Waals surface area contributed by atoms with Crippen LogP contribution in [-0.4, -0.2) is 36.8 Å². The van der Waals surface area contributed by atoms with Crippen molar-refractivity contribution in [3.05, 3.63) is 54.2 Å². The first-order chi connectivity index (χ1) is 13.6. The Kier molecular flexibility index (Phi) is 4.68. The van der Waals surface area contributed by atoms with Crippen LogP contribution in [0.5, 0.6) is 11.5 Å². The molecule has 0 saturated carbocycles. The lowest BCUT2D eigenvalue weighted by Gasteiger charge is -2.16. The maximum atomic E-state index is 13.9. The third-order valence-electron chi connectivity index (χ3n) is 4.69. The van der Waals surface area contributed by atoms with E-state index in [1.165, 1.54) is 19.2 Å². The monoisotopic (exact) mass is 383 g/mol. The maximum absolute atomic E-state index is 13.9. The van der Waals surface area contributed by atoms with Crippen molar-refractivity contribution in [2.24, 2.45) is 0 Å². The molecule has 0 bridgehead atoms. The van der Waals surface area contributed by atoms with Crippen LogP contribution in [0.25, 0.3) is 11.4 Å². The Hall–Kier alpha value is -3.42. The van der Waals surface area contributed by atoms with Crippen LogP contribution in [0.4, 0.5) is 10.1 Å². The topological polar surface area (TPSA) is 77.7 Å². The lowest BCUT2D eigenvalue weighted by atomic mass is 10.1. The Morgan fingerprint density at radius 3 is 2.79 bits per heavy atom. The van der Waals surface area contributed by atoms with Crippen LogP contribution < -0.4 is 14.4 Å². The molecule has 0 spiro atoms. The highest BCUT2D eigenvalue weighted by atomic mass is 19.1. The Morgan fingerprint density at radius 2 is 2.04 bits per heavy atom. The molecule has 0 radical (unpaired) electrons. The molecule has 8 heteroatoms. The molecule has 1 amide bonds. The predicted molar refractivity (Wildman–Crippen MR) is 98.9 cm³/mol. The van der Waals surface area contributed by atoms with Gasteiger partial charge in [-0.15, -0.1) is 0 Å². The number of anilines is 1. The summed E-state index contributed by atoms with van der Waals surface area (Å²) in [5.74, 6) is 0.662. The van der Waals surface area contributed by atoms with Gasteiger partial charge in [-0.05, 0) is 30.3 Å².